The number of Topliss-reactive ketones (excluding diaryl/α,β-unsaturated/α-hetero) is 1. The smallest absolute Gasteiger partial charge is 0.227 e. The average molecular weight is 215 g/mol. The predicted octanol–water partition coefficient (Wildman–Crippen LogP) is 1.94. The summed E-state index contributed by atoms with van der Waals surface area (Å²) in [5, 5.41) is 0. The number of hydrogen-bond donors (Lipinski definition) is 0. The Labute approximate surface area is 94.1 Å². The second-order valence-electron chi connectivity index (χ2n) is 4.41. The van der Waals surface area contributed by atoms with Gasteiger partial charge in [0, 0.05) is 30.6 Å². The molecule has 3 heteroatoms. The lowest BCUT2D eigenvalue weighted by Gasteiger charge is -2.16. The summed E-state index contributed by atoms with van der Waals surface area (Å²) in [6.45, 7) is 0.784. The molecule has 1 aromatic carbocycles. The van der Waals surface area contributed by atoms with Gasteiger partial charge in [-0.05, 0) is 30.5 Å². The van der Waals surface area contributed by atoms with Gasteiger partial charge in [0.25, 0.3) is 0 Å². The lowest BCUT2D eigenvalue weighted by atomic mass is 10.1. The maximum absolute atomic E-state index is 11.6. The Morgan fingerprint density at radius 3 is 2.69 bits per heavy atom. The largest absolute Gasteiger partial charge is 0.312 e. The van der Waals surface area contributed by atoms with Crippen LogP contribution >= 0.6 is 0 Å². The van der Waals surface area contributed by atoms with E-state index in [0.717, 1.165) is 36.2 Å². The minimum atomic E-state index is 0.172. The van der Waals surface area contributed by atoms with E-state index in [1.807, 2.05) is 18.2 Å². The summed E-state index contributed by atoms with van der Waals surface area (Å²) in [6.07, 6.45) is 3.02. The number of amides is 1. The number of carbonyl (C=O) groups is 2. The summed E-state index contributed by atoms with van der Waals surface area (Å²) < 4.78 is 0. The highest BCUT2D eigenvalue weighted by Gasteiger charge is 2.25. The fraction of sp³-hybridized carbons (Fsp3) is 0.385. The molecule has 0 spiro atoms. The molecule has 0 unspecified atom stereocenters. The van der Waals surface area contributed by atoms with Crippen LogP contribution in [-0.4, -0.2) is 18.2 Å². The number of benzene rings is 1. The van der Waals surface area contributed by atoms with Crippen molar-refractivity contribution < 1.29 is 9.59 Å². The molecule has 0 atom stereocenters. The van der Waals surface area contributed by atoms with Crippen LogP contribution in [-0.2, 0) is 11.2 Å². The fourth-order valence-electron chi connectivity index (χ4n) is 2.51. The molecular weight excluding hydrogens is 202 g/mol. The van der Waals surface area contributed by atoms with Gasteiger partial charge in [-0.2, -0.15) is 0 Å². The van der Waals surface area contributed by atoms with Gasteiger partial charge >= 0.3 is 0 Å². The van der Waals surface area contributed by atoms with Gasteiger partial charge in [-0.25, -0.2) is 0 Å². The monoisotopic (exact) mass is 215 g/mol. The number of fused-ring (bicyclic) bond motifs is 1. The molecule has 0 aromatic heterocycles. The molecule has 1 aliphatic heterocycles. The first-order chi connectivity index (χ1) is 7.75. The van der Waals surface area contributed by atoms with Crippen molar-refractivity contribution in [2.75, 3.05) is 11.4 Å². The molecule has 1 saturated heterocycles. The van der Waals surface area contributed by atoms with Crippen LogP contribution in [0, 0.1) is 0 Å². The number of rotatable bonds is 1. The van der Waals surface area contributed by atoms with Crippen LogP contribution in [0.25, 0.3) is 0 Å². The zero-order valence-corrected chi connectivity index (χ0v) is 9.03. The summed E-state index contributed by atoms with van der Waals surface area (Å²) in [5.74, 6) is 0.383. The van der Waals surface area contributed by atoms with Gasteiger partial charge in [-0.1, -0.05) is 6.07 Å². The standard InChI is InChI=1S/C13H13NO2/c15-12-6-4-9-3-5-10(8-11(9)12)14-7-1-2-13(14)16/h3,5,8H,1-2,4,6-7H2. The Bertz CT molecular complexity index is 479. The van der Waals surface area contributed by atoms with Gasteiger partial charge in [0.15, 0.2) is 5.78 Å². The number of nitrogens with zero attached hydrogens (tertiary/aromatic N) is 1. The van der Waals surface area contributed by atoms with Crippen molar-refractivity contribution >= 4 is 17.4 Å². The van der Waals surface area contributed by atoms with E-state index in [-0.39, 0.29) is 11.7 Å². The van der Waals surface area contributed by atoms with Crippen molar-refractivity contribution in [1.29, 1.82) is 0 Å². The maximum Gasteiger partial charge on any atom is 0.227 e. The van der Waals surface area contributed by atoms with E-state index in [1.165, 1.54) is 0 Å². The number of aryl methyl sites for hydroxylation is 1. The Balaban J connectivity index is 2.00. The lowest BCUT2D eigenvalue weighted by molar-refractivity contribution is -0.117. The minimum Gasteiger partial charge on any atom is -0.312 e. The van der Waals surface area contributed by atoms with Crippen molar-refractivity contribution in [1.82, 2.24) is 0 Å². The Kier molecular flexibility index (Phi) is 2.06. The highest BCUT2D eigenvalue weighted by atomic mass is 16.2. The first kappa shape index (κ1) is 9.58. The quantitative estimate of drug-likeness (QED) is 0.718. The lowest BCUT2D eigenvalue weighted by Crippen LogP contribution is -2.23. The molecule has 1 amide bonds. The SMILES string of the molecule is O=C1CCc2ccc(N3CCCC3=O)cc21. The predicted molar refractivity (Wildman–Crippen MR) is 60.7 cm³/mol. The average Bonchev–Trinajstić information content (AvgIpc) is 2.86. The van der Waals surface area contributed by atoms with Crippen LogP contribution in [0.2, 0.25) is 0 Å². The van der Waals surface area contributed by atoms with E-state index in [4.69, 9.17) is 0 Å². The van der Waals surface area contributed by atoms with Gasteiger partial charge in [0.05, 0.1) is 0 Å². The van der Waals surface area contributed by atoms with Crippen LogP contribution in [0.15, 0.2) is 18.2 Å². The highest BCUT2D eigenvalue weighted by Crippen LogP contribution is 2.28. The van der Waals surface area contributed by atoms with Crippen LogP contribution in [0.4, 0.5) is 5.69 Å². The summed E-state index contributed by atoms with van der Waals surface area (Å²) in [5.41, 5.74) is 2.83. The van der Waals surface area contributed by atoms with E-state index in [0.29, 0.717) is 12.8 Å². The third kappa shape index (κ3) is 1.35. The van der Waals surface area contributed by atoms with Crippen molar-refractivity contribution in [3.05, 3.63) is 29.3 Å². The van der Waals surface area contributed by atoms with Crippen molar-refractivity contribution in [3.8, 4) is 0 Å². The van der Waals surface area contributed by atoms with Crippen LogP contribution in [0.1, 0.15) is 35.2 Å². The van der Waals surface area contributed by atoms with Crippen LogP contribution in [0.3, 0.4) is 0 Å². The molecule has 0 radical (unpaired) electrons. The summed E-state index contributed by atoms with van der Waals surface area (Å²) >= 11 is 0. The van der Waals surface area contributed by atoms with Gasteiger partial charge < -0.3 is 4.90 Å². The van der Waals surface area contributed by atoms with Gasteiger partial charge in [0.2, 0.25) is 5.91 Å². The Morgan fingerprint density at radius 2 is 1.94 bits per heavy atom. The van der Waals surface area contributed by atoms with Crippen molar-refractivity contribution in [3.63, 3.8) is 0 Å². The second kappa shape index (κ2) is 3.44. The topological polar surface area (TPSA) is 37.4 Å². The normalized spacial score (nSPS) is 19.4. The molecule has 3 nitrogen and oxygen atoms in total. The van der Waals surface area contributed by atoms with E-state index < -0.39 is 0 Å². The molecule has 16 heavy (non-hydrogen) atoms. The first-order valence-electron chi connectivity index (χ1n) is 5.72. The third-order valence-electron chi connectivity index (χ3n) is 3.40. The molecule has 3 rings (SSSR count). The van der Waals surface area contributed by atoms with Gasteiger partial charge in [-0.15, -0.1) is 0 Å². The van der Waals surface area contributed by atoms with Crippen LogP contribution < -0.4 is 4.90 Å². The summed E-state index contributed by atoms with van der Waals surface area (Å²) in [4.78, 5) is 25.0. The molecule has 82 valence electrons. The first-order valence-corrected chi connectivity index (χ1v) is 5.72. The Morgan fingerprint density at radius 1 is 1.06 bits per heavy atom. The molecule has 1 heterocycles. The minimum absolute atomic E-state index is 0.172. The van der Waals surface area contributed by atoms with E-state index in [2.05, 4.69) is 0 Å². The maximum atomic E-state index is 11.6. The summed E-state index contributed by atoms with van der Waals surface area (Å²) in [7, 11) is 0. The van der Waals surface area contributed by atoms with E-state index in [1.54, 1.807) is 4.90 Å². The van der Waals surface area contributed by atoms with E-state index in [9.17, 15) is 9.59 Å². The summed E-state index contributed by atoms with van der Waals surface area (Å²) in [6, 6.07) is 5.83. The molecule has 0 N–H and O–H groups in total. The number of anilines is 1. The number of ketones is 1. The molecule has 2 aliphatic rings. The van der Waals surface area contributed by atoms with Gasteiger partial charge in [0.1, 0.15) is 0 Å². The van der Waals surface area contributed by atoms with Crippen molar-refractivity contribution in [2.24, 2.45) is 0 Å². The Hall–Kier alpha value is -1.64. The molecular formula is C13H13NO2. The molecule has 0 bridgehead atoms. The molecule has 1 aliphatic carbocycles. The van der Waals surface area contributed by atoms with Crippen molar-refractivity contribution in [2.45, 2.75) is 25.7 Å². The second-order valence-corrected chi connectivity index (χ2v) is 4.41. The highest BCUT2D eigenvalue weighted by molar-refractivity contribution is 6.03. The zero-order chi connectivity index (χ0) is 11.1. The fourth-order valence-corrected chi connectivity index (χ4v) is 2.51. The van der Waals surface area contributed by atoms with Gasteiger partial charge in [-0.3, -0.25) is 9.59 Å². The van der Waals surface area contributed by atoms with Crippen LogP contribution in [0.5, 0.6) is 0 Å². The number of carbonyl (C=O) groups excluding carboxylic acids is 2. The van der Waals surface area contributed by atoms with E-state index >= 15 is 0 Å². The zero-order valence-electron chi connectivity index (χ0n) is 9.03. The molecule has 1 fully saturated rings. The molecule has 1 aromatic rings. The number of hydrogen-bond acceptors (Lipinski definition) is 2. The third-order valence-corrected chi connectivity index (χ3v) is 3.40. The molecule has 0 saturated carbocycles.